The number of halogens is 1. The van der Waals surface area contributed by atoms with Crippen LogP contribution in [0.3, 0.4) is 0 Å². The van der Waals surface area contributed by atoms with Crippen LogP contribution in [0, 0.1) is 5.82 Å². The molecule has 2 rings (SSSR count). The van der Waals surface area contributed by atoms with Crippen LogP contribution in [0.25, 0.3) is 0 Å². The van der Waals surface area contributed by atoms with Crippen LogP contribution < -0.4 is 5.32 Å². The normalized spacial score (nSPS) is 10.6. The molecule has 0 bridgehead atoms. The van der Waals surface area contributed by atoms with Gasteiger partial charge in [-0.05, 0) is 47.7 Å². The largest absolute Gasteiger partial charge is 0.456 e. The number of nitrogens with one attached hydrogen (secondary N) is 1. The zero-order valence-corrected chi connectivity index (χ0v) is 14.4. The molecule has 5 heteroatoms. The van der Waals surface area contributed by atoms with E-state index in [1.54, 1.807) is 12.1 Å². The highest BCUT2D eigenvalue weighted by Gasteiger charge is 2.09. The van der Waals surface area contributed by atoms with E-state index in [-0.39, 0.29) is 24.8 Å². The highest BCUT2D eigenvalue weighted by molar-refractivity contribution is 5.92. The van der Waals surface area contributed by atoms with Gasteiger partial charge in [0.1, 0.15) is 5.82 Å². The predicted octanol–water partition coefficient (Wildman–Crippen LogP) is 4.06. The van der Waals surface area contributed by atoms with E-state index in [0.717, 1.165) is 5.56 Å². The van der Waals surface area contributed by atoms with Crippen molar-refractivity contribution in [2.75, 3.05) is 11.9 Å². The number of amides is 1. The third kappa shape index (κ3) is 6.37. The van der Waals surface area contributed by atoms with Crippen LogP contribution in [-0.4, -0.2) is 18.5 Å². The van der Waals surface area contributed by atoms with Crippen LogP contribution in [0.5, 0.6) is 0 Å². The van der Waals surface area contributed by atoms with E-state index in [9.17, 15) is 14.0 Å². The molecule has 0 spiro atoms. The number of aryl methyl sites for hydroxylation is 1. The summed E-state index contributed by atoms with van der Waals surface area (Å²) in [5.74, 6) is -0.738. The van der Waals surface area contributed by atoms with Gasteiger partial charge in [-0.15, -0.1) is 0 Å². The van der Waals surface area contributed by atoms with Crippen LogP contribution >= 0.6 is 0 Å². The van der Waals surface area contributed by atoms with Crippen molar-refractivity contribution in [2.24, 2.45) is 0 Å². The van der Waals surface area contributed by atoms with Crippen LogP contribution in [0.2, 0.25) is 0 Å². The zero-order chi connectivity index (χ0) is 18.2. The Balaban J connectivity index is 1.71. The molecule has 0 saturated carbocycles. The summed E-state index contributed by atoms with van der Waals surface area (Å²) in [5.41, 5.74) is 2.69. The molecule has 2 aromatic carbocycles. The summed E-state index contributed by atoms with van der Waals surface area (Å²) in [6.07, 6.45) is 0.583. The van der Waals surface area contributed by atoms with Crippen LogP contribution in [0.4, 0.5) is 10.1 Å². The minimum absolute atomic E-state index is 0.141. The number of ether oxygens (including phenoxy) is 1. The molecule has 1 N–H and O–H groups in total. The fourth-order valence-electron chi connectivity index (χ4n) is 2.26. The summed E-state index contributed by atoms with van der Waals surface area (Å²) >= 11 is 0. The number of hydrogen-bond donors (Lipinski definition) is 1. The molecule has 132 valence electrons. The van der Waals surface area contributed by atoms with Crippen molar-refractivity contribution in [3.8, 4) is 0 Å². The lowest BCUT2D eigenvalue weighted by Crippen LogP contribution is -2.21. The van der Waals surface area contributed by atoms with Gasteiger partial charge in [0.15, 0.2) is 6.61 Å². The first kappa shape index (κ1) is 18.6. The van der Waals surface area contributed by atoms with E-state index in [0.29, 0.717) is 18.0 Å². The van der Waals surface area contributed by atoms with Gasteiger partial charge in [-0.2, -0.15) is 0 Å². The average Bonchev–Trinajstić information content (AvgIpc) is 2.60. The molecule has 0 atom stereocenters. The summed E-state index contributed by atoms with van der Waals surface area (Å²) in [6, 6.07) is 13.5. The Labute approximate surface area is 147 Å². The number of rotatable bonds is 7. The molecule has 0 saturated heterocycles. The van der Waals surface area contributed by atoms with Gasteiger partial charge in [0.25, 0.3) is 5.91 Å². The maximum atomic E-state index is 12.8. The lowest BCUT2D eigenvalue weighted by molar-refractivity contribution is -0.147. The molecule has 0 unspecified atom stereocenters. The van der Waals surface area contributed by atoms with Crippen molar-refractivity contribution < 1.29 is 18.7 Å². The quantitative estimate of drug-likeness (QED) is 0.771. The summed E-state index contributed by atoms with van der Waals surface area (Å²) in [5, 5.41) is 2.69. The van der Waals surface area contributed by atoms with E-state index in [4.69, 9.17) is 4.74 Å². The van der Waals surface area contributed by atoms with Gasteiger partial charge in [-0.25, -0.2) is 4.39 Å². The van der Waals surface area contributed by atoms with E-state index in [2.05, 4.69) is 19.2 Å². The lowest BCUT2D eigenvalue weighted by Gasteiger charge is -2.09. The van der Waals surface area contributed by atoms with E-state index in [1.807, 2.05) is 24.3 Å². The minimum Gasteiger partial charge on any atom is -0.456 e. The fraction of sp³-hybridized carbons (Fsp3) is 0.300. The Bertz CT molecular complexity index is 709. The van der Waals surface area contributed by atoms with Gasteiger partial charge in [0, 0.05) is 12.1 Å². The van der Waals surface area contributed by atoms with Gasteiger partial charge in [0.05, 0.1) is 0 Å². The fourth-order valence-corrected chi connectivity index (χ4v) is 2.26. The average molecular weight is 343 g/mol. The standard InChI is InChI=1S/C20H22FNO3/c1-14(2)16-6-10-18(11-7-16)22-19(23)13-25-20(24)12-5-15-3-8-17(21)9-4-15/h3-4,6-11,14H,5,12-13H2,1-2H3,(H,22,23). The van der Waals surface area contributed by atoms with Crippen molar-refractivity contribution in [2.45, 2.75) is 32.6 Å². The smallest absolute Gasteiger partial charge is 0.306 e. The first-order valence-corrected chi connectivity index (χ1v) is 8.24. The third-order valence-electron chi connectivity index (χ3n) is 3.76. The number of carbonyl (C=O) groups excluding carboxylic acids is 2. The molecule has 0 aromatic heterocycles. The number of anilines is 1. The molecular formula is C20H22FNO3. The Morgan fingerprint density at radius 3 is 2.28 bits per heavy atom. The molecule has 25 heavy (non-hydrogen) atoms. The Morgan fingerprint density at radius 1 is 1.04 bits per heavy atom. The molecule has 0 aliphatic rings. The number of hydrogen-bond acceptors (Lipinski definition) is 3. The minimum atomic E-state index is -0.463. The molecule has 0 aliphatic heterocycles. The molecule has 1 amide bonds. The Morgan fingerprint density at radius 2 is 1.68 bits per heavy atom. The first-order chi connectivity index (χ1) is 11.9. The lowest BCUT2D eigenvalue weighted by atomic mass is 10.0. The summed E-state index contributed by atoms with van der Waals surface area (Å²) < 4.78 is 17.8. The van der Waals surface area contributed by atoms with Crippen molar-refractivity contribution in [1.29, 1.82) is 0 Å². The third-order valence-corrected chi connectivity index (χ3v) is 3.76. The topological polar surface area (TPSA) is 55.4 Å². The van der Waals surface area contributed by atoms with Crippen LogP contribution in [0.1, 0.15) is 37.3 Å². The maximum Gasteiger partial charge on any atom is 0.306 e. The molecule has 0 heterocycles. The second kappa shape index (κ2) is 8.97. The van der Waals surface area contributed by atoms with Crippen LogP contribution in [-0.2, 0) is 20.7 Å². The van der Waals surface area contributed by atoms with Crippen molar-refractivity contribution in [1.82, 2.24) is 0 Å². The zero-order valence-electron chi connectivity index (χ0n) is 14.4. The highest BCUT2D eigenvalue weighted by Crippen LogP contribution is 2.17. The molecule has 2 aromatic rings. The Kier molecular flexibility index (Phi) is 6.69. The second-order valence-electron chi connectivity index (χ2n) is 6.11. The van der Waals surface area contributed by atoms with Gasteiger partial charge in [0.2, 0.25) is 0 Å². The predicted molar refractivity (Wildman–Crippen MR) is 94.8 cm³/mol. The summed E-state index contributed by atoms with van der Waals surface area (Å²) in [6.45, 7) is 3.87. The van der Waals surface area contributed by atoms with E-state index >= 15 is 0 Å². The highest BCUT2D eigenvalue weighted by atomic mass is 19.1. The monoisotopic (exact) mass is 343 g/mol. The van der Waals surface area contributed by atoms with Gasteiger partial charge >= 0.3 is 5.97 Å². The van der Waals surface area contributed by atoms with Crippen molar-refractivity contribution >= 4 is 17.6 Å². The maximum absolute atomic E-state index is 12.8. The Hall–Kier alpha value is -2.69. The molecular weight excluding hydrogens is 321 g/mol. The summed E-state index contributed by atoms with van der Waals surface area (Å²) in [4.78, 5) is 23.5. The molecule has 0 fully saturated rings. The molecule has 4 nitrogen and oxygen atoms in total. The van der Waals surface area contributed by atoms with E-state index < -0.39 is 5.97 Å². The SMILES string of the molecule is CC(C)c1ccc(NC(=O)COC(=O)CCc2ccc(F)cc2)cc1. The van der Waals surface area contributed by atoms with Gasteiger partial charge in [-0.3, -0.25) is 9.59 Å². The number of benzene rings is 2. The number of esters is 1. The second-order valence-corrected chi connectivity index (χ2v) is 6.11. The van der Waals surface area contributed by atoms with Crippen molar-refractivity contribution in [3.05, 3.63) is 65.5 Å². The molecule has 0 radical (unpaired) electrons. The van der Waals surface area contributed by atoms with Crippen LogP contribution in [0.15, 0.2) is 48.5 Å². The first-order valence-electron chi connectivity index (χ1n) is 8.24. The van der Waals surface area contributed by atoms with Gasteiger partial charge in [-0.1, -0.05) is 38.1 Å². The number of carbonyl (C=O) groups is 2. The molecule has 0 aliphatic carbocycles. The summed E-state index contributed by atoms with van der Waals surface area (Å²) in [7, 11) is 0. The van der Waals surface area contributed by atoms with Gasteiger partial charge < -0.3 is 10.1 Å². The van der Waals surface area contributed by atoms with Crippen molar-refractivity contribution in [3.63, 3.8) is 0 Å². The van der Waals surface area contributed by atoms with E-state index in [1.165, 1.54) is 17.7 Å².